The van der Waals surface area contributed by atoms with Crippen molar-refractivity contribution in [3.8, 4) is 0 Å². The minimum absolute atomic E-state index is 0.0104. The predicted octanol–water partition coefficient (Wildman–Crippen LogP) is 0.816. The molecule has 0 spiro atoms. The Morgan fingerprint density at radius 1 is 1.26 bits per heavy atom. The first kappa shape index (κ1) is 16.0. The molecule has 5 nitrogen and oxygen atoms in total. The zero-order valence-corrected chi connectivity index (χ0v) is 12.2. The van der Waals surface area contributed by atoms with E-state index in [1.54, 1.807) is 6.92 Å². The van der Waals surface area contributed by atoms with Crippen LogP contribution in [0.25, 0.3) is 0 Å². The SMILES string of the molecule is CC(C)C(C)(O)CNC(=O)CNC(=O)C1CCCC1. The van der Waals surface area contributed by atoms with E-state index in [1.807, 2.05) is 13.8 Å². The maximum atomic E-state index is 11.7. The van der Waals surface area contributed by atoms with E-state index in [9.17, 15) is 14.7 Å². The third kappa shape index (κ3) is 5.19. The summed E-state index contributed by atoms with van der Waals surface area (Å²) < 4.78 is 0. The molecule has 0 saturated heterocycles. The molecule has 2 amide bonds. The maximum Gasteiger partial charge on any atom is 0.239 e. The van der Waals surface area contributed by atoms with Crippen LogP contribution in [0.3, 0.4) is 0 Å². The summed E-state index contributed by atoms with van der Waals surface area (Å²) in [6.45, 7) is 5.67. The molecule has 0 aromatic heterocycles. The highest BCUT2D eigenvalue weighted by Gasteiger charge is 2.26. The highest BCUT2D eigenvalue weighted by atomic mass is 16.3. The summed E-state index contributed by atoms with van der Waals surface area (Å²) >= 11 is 0. The largest absolute Gasteiger partial charge is 0.388 e. The first-order valence-corrected chi connectivity index (χ1v) is 7.09. The summed E-state index contributed by atoms with van der Waals surface area (Å²) in [5.74, 6) is -0.150. The average molecular weight is 270 g/mol. The smallest absolute Gasteiger partial charge is 0.239 e. The van der Waals surface area contributed by atoms with E-state index in [4.69, 9.17) is 0 Å². The highest BCUT2D eigenvalue weighted by molar-refractivity contribution is 5.85. The Bertz CT molecular complexity index is 321. The number of hydrogen-bond donors (Lipinski definition) is 3. The molecule has 1 unspecified atom stereocenters. The van der Waals surface area contributed by atoms with Crippen molar-refractivity contribution in [2.75, 3.05) is 13.1 Å². The summed E-state index contributed by atoms with van der Waals surface area (Å²) in [6, 6.07) is 0. The van der Waals surface area contributed by atoms with Gasteiger partial charge in [-0.1, -0.05) is 26.7 Å². The van der Waals surface area contributed by atoms with Crippen LogP contribution in [0.5, 0.6) is 0 Å². The zero-order chi connectivity index (χ0) is 14.5. The lowest BCUT2D eigenvalue weighted by Crippen LogP contribution is -2.47. The monoisotopic (exact) mass is 270 g/mol. The molecule has 110 valence electrons. The van der Waals surface area contributed by atoms with Crippen molar-refractivity contribution in [3.05, 3.63) is 0 Å². The number of nitrogens with one attached hydrogen (secondary N) is 2. The van der Waals surface area contributed by atoms with Crippen LogP contribution >= 0.6 is 0 Å². The first-order valence-electron chi connectivity index (χ1n) is 7.09. The normalized spacial score (nSPS) is 19.2. The van der Waals surface area contributed by atoms with Gasteiger partial charge in [-0.25, -0.2) is 0 Å². The molecule has 1 atom stereocenters. The third-order valence-corrected chi connectivity index (χ3v) is 4.04. The lowest BCUT2D eigenvalue weighted by molar-refractivity contribution is -0.128. The van der Waals surface area contributed by atoms with Crippen LogP contribution in [0, 0.1) is 11.8 Å². The van der Waals surface area contributed by atoms with Crippen LogP contribution in [0.2, 0.25) is 0 Å². The van der Waals surface area contributed by atoms with Crippen LogP contribution < -0.4 is 10.6 Å². The molecule has 1 aliphatic carbocycles. The molecule has 1 aliphatic rings. The third-order valence-electron chi connectivity index (χ3n) is 4.04. The highest BCUT2D eigenvalue weighted by Crippen LogP contribution is 2.24. The van der Waals surface area contributed by atoms with Crippen LogP contribution in [0.1, 0.15) is 46.5 Å². The fourth-order valence-electron chi connectivity index (χ4n) is 2.04. The maximum absolute atomic E-state index is 11.7. The quantitative estimate of drug-likeness (QED) is 0.668. The molecule has 1 rings (SSSR count). The zero-order valence-electron chi connectivity index (χ0n) is 12.2. The molecule has 1 saturated carbocycles. The molecular weight excluding hydrogens is 244 g/mol. The van der Waals surface area contributed by atoms with E-state index < -0.39 is 5.60 Å². The van der Waals surface area contributed by atoms with Gasteiger partial charge in [-0.3, -0.25) is 9.59 Å². The number of amides is 2. The van der Waals surface area contributed by atoms with Crippen molar-refractivity contribution in [1.82, 2.24) is 10.6 Å². The van der Waals surface area contributed by atoms with E-state index >= 15 is 0 Å². The van der Waals surface area contributed by atoms with E-state index in [0.29, 0.717) is 0 Å². The Balaban J connectivity index is 2.22. The molecule has 1 fully saturated rings. The summed E-state index contributed by atoms with van der Waals surface area (Å²) in [7, 11) is 0. The Kier molecular flexibility index (Phi) is 5.79. The topological polar surface area (TPSA) is 78.4 Å². The standard InChI is InChI=1S/C14H26N2O3/c1-10(2)14(3,19)9-16-12(17)8-15-13(18)11-6-4-5-7-11/h10-11,19H,4-9H2,1-3H3,(H,15,18)(H,16,17). The Morgan fingerprint density at radius 3 is 2.37 bits per heavy atom. The molecule has 19 heavy (non-hydrogen) atoms. The molecule has 5 heteroatoms. The van der Waals surface area contributed by atoms with Gasteiger partial charge in [-0.2, -0.15) is 0 Å². The van der Waals surface area contributed by atoms with Gasteiger partial charge in [0.25, 0.3) is 0 Å². The van der Waals surface area contributed by atoms with Gasteiger partial charge in [-0.15, -0.1) is 0 Å². The van der Waals surface area contributed by atoms with Crippen molar-refractivity contribution in [2.45, 2.75) is 52.1 Å². The Labute approximate surface area is 115 Å². The van der Waals surface area contributed by atoms with E-state index in [0.717, 1.165) is 25.7 Å². The van der Waals surface area contributed by atoms with Crippen LogP contribution in [-0.2, 0) is 9.59 Å². The molecular formula is C14H26N2O3. The summed E-state index contributed by atoms with van der Waals surface area (Å²) in [5, 5.41) is 15.3. The van der Waals surface area contributed by atoms with Gasteiger partial charge in [-0.05, 0) is 25.7 Å². The molecule has 0 heterocycles. The molecule has 3 N–H and O–H groups in total. The van der Waals surface area contributed by atoms with Gasteiger partial charge in [0.05, 0.1) is 12.1 Å². The lowest BCUT2D eigenvalue weighted by Gasteiger charge is -2.27. The molecule has 0 aromatic carbocycles. The summed E-state index contributed by atoms with van der Waals surface area (Å²) in [5.41, 5.74) is -0.925. The second-order valence-corrected chi connectivity index (χ2v) is 5.99. The van der Waals surface area contributed by atoms with Gasteiger partial charge in [0, 0.05) is 12.5 Å². The van der Waals surface area contributed by atoms with Crippen molar-refractivity contribution >= 4 is 11.8 Å². The van der Waals surface area contributed by atoms with E-state index in [2.05, 4.69) is 10.6 Å². The lowest BCUT2D eigenvalue weighted by atomic mass is 9.92. The Morgan fingerprint density at radius 2 is 1.84 bits per heavy atom. The van der Waals surface area contributed by atoms with Crippen molar-refractivity contribution in [2.24, 2.45) is 11.8 Å². The fraction of sp³-hybridized carbons (Fsp3) is 0.857. The predicted molar refractivity (Wildman–Crippen MR) is 73.4 cm³/mol. The fourth-order valence-corrected chi connectivity index (χ4v) is 2.04. The summed E-state index contributed by atoms with van der Waals surface area (Å²) in [4.78, 5) is 23.3. The van der Waals surface area contributed by atoms with Crippen molar-refractivity contribution in [3.63, 3.8) is 0 Å². The molecule has 0 aliphatic heterocycles. The van der Waals surface area contributed by atoms with Crippen LogP contribution in [0.4, 0.5) is 0 Å². The number of rotatable bonds is 6. The second-order valence-electron chi connectivity index (χ2n) is 5.99. The summed E-state index contributed by atoms with van der Waals surface area (Å²) in [6.07, 6.45) is 4.05. The molecule has 0 aromatic rings. The Hall–Kier alpha value is -1.10. The minimum atomic E-state index is -0.925. The van der Waals surface area contributed by atoms with Crippen molar-refractivity contribution < 1.29 is 14.7 Å². The minimum Gasteiger partial charge on any atom is -0.388 e. The van der Waals surface area contributed by atoms with Crippen LogP contribution in [0.15, 0.2) is 0 Å². The molecule has 0 bridgehead atoms. The van der Waals surface area contributed by atoms with Gasteiger partial charge >= 0.3 is 0 Å². The van der Waals surface area contributed by atoms with Gasteiger partial charge < -0.3 is 15.7 Å². The van der Waals surface area contributed by atoms with E-state index in [1.165, 1.54) is 0 Å². The second kappa shape index (κ2) is 6.89. The van der Waals surface area contributed by atoms with Gasteiger partial charge in [0.15, 0.2) is 0 Å². The number of hydrogen-bond acceptors (Lipinski definition) is 3. The first-order chi connectivity index (χ1) is 8.83. The van der Waals surface area contributed by atoms with Crippen LogP contribution in [-0.4, -0.2) is 35.6 Å². The number of carbonyl (C=O) groups excluding carboxylic acids is 2. The van der Waals surface area contributed by atoms with Gasteiger partial charge in [0.2, 0.25) is 11.8 Å². The number of carbonyl (C=O) groups is 2. The number of aliphatic hydroxyl groups is 1. The average Bonchev–Trinajstić information content (AvgIpc) is 2.87. The van der Waals surface area contributed by atoms with Crippen molar-refractivity contribution in [1.29, 1.82) is 0 Å². The molecule has 0 radical (unpaired) electrons. The van der Waals surface area contributed by atoms with E-state index in [-0.39, 0.29) is 36.7 Å². The van der Waals surface area contributed by atoms with Gasteiger partial charge in [0.1, 0.15) is 0 Å².